The van der Waals surface area contributed by atoms with Gasteiger partial charge in [0, 0.05) is 42.9 Å². The summed E-state index contributed by atoms with van der Waals surface area (Å²) in [5.74, 6) is 1.30. The van der Waals surface area contributed by atoms with Crippen molar-refractivity contribution in [3.8, 4) is 0 Å². The molecule has 212 valence electrons. The first-order chi connectivity index (χ1) is 19.8. The zero-order valence-corrected chi connectivity index (χ0v) is 25.8. The number of pyridine rings is 1. The van der Waals surface area contributed by atoms with Crippen molar-refractivity contribution in [2.75, 3.05) is 22.9 Å². The number of rotatable bonds is 6. The summed E-state index contributed by atoms with van der Waals surface area (Å²) in [7, 11) is 0. The molecule has 0 amide bonds. The third-order valence-corrected chi connectivity index (χ3v) is 9.25. The van der Waals surface area contributed by atoms with Gasteiger partial charge in [0.15, 0.2) is 5.11 Å². The second-order valence-corrected chi connectivity index (χ2v) is 12.7. The van der Waals surface area contributed by atoms with Gasteiger partial charge in [-0.15, -0.1) is 0 Å². The highest BCUT2D eigenvalue weighted by atomic mass is 35.5. The van der Waals surface area contributed by atoms with Crippen molar-refractivity contribution in [3.05, 3.63) is 112 Å². The molecule has 7 heteroatoms. The summed E-state index contributed by atoms with van der Waals surface area (Å²) in [5, 5.41) is 5.06. The van der Waals surface area contributed by atoms with Crippen LogP contribution >= 0.6 is 23.8 Å². The van der Waals surface area contributed by atoms with Gasteiger partial charge in [-0.25, -0.2) is 0 Å². The minimum absolute atomic E-state index is 0.0786. The molecule has 1 N–H and O–H groups in total. The fraction of sp³-hybridized carbons (Fsp3) is 0.353. The smallest absolute Gasteiger partial charge is 0.174 e. The highest BCUT2D eigenvalue weighted by molar-refractivity contribution is 7.80. The first-order valence-corrected chi connectivity index (χ1v) is 15.3. The Morgan fingerprint density at radius 3 is 2.37 bits per heavy atom. The van der Waals surface area contributed by atoms with Crippen LogP contribution in [0.2, 0.25) is 5.02 Å². The molecule has 2 aromatic carbocycles. The number of anilines is 2. The average molecular weight is 584 g/mol. The van der Waals surface area contributed by atoms with Crippen molar-refractivity contribution in [2.45, 2.75) is 52.7 Å². The lowest BCUT2D eigenvalue weighted by atomic mass is 9.91. The molecule has 2 aromatic heterocycles. The summed E-state index contributed by atoms with van der Waals surface area (Å²) in [6, 6.07) is 25.3. The van der Waals surface area contributed by atoms with Crippen LogP contribution < -0.4 is 15.1 Å². The molecule has 2 aliphatic heterocycles. The maximum atomic E-state index is 7.03. The van der Waals surface area contributed by atoms with Gasteiger partial charge in [-0.1, -0.05) is 61.8 Å². The van der Waals surface area contributed by atoms with Gasteiger partial charge in [0.2, 0.25) is 0 Å². The van der Waals surface area contributed by atoms with E-state index < -0.39 is 0 Å². The van der Waals surface area contributed by atoms with E-state index in [0.29, 0.717) is 16.9 Å². The van der Waals surface area contributed by atoms with Gasteiger partial charge in [-0.3, -0.25) is 4.98 Å². The van der Waals surface area contributed by atoms with Gasteiger partial charge in [0.05, 0.1) is 28.5 Å². The Morgan fingerprint density at radius 1 is 0.951 bits per heavy atom. The molecule has 6 rings (SSSR count). The van der Waals surface area contributed by atoms with Crippen LogP contribution in [0.1, 0.15) is 60.6 Å². The zero-order chi connectivity index (χ0) is 28.7. The lowest BCUT2D eigenvalue weighted by Gasteiger charge is -2.37. The van der Waals surface area contributed by atoms with Gasteiger partial charge in [0.25, 0.3) is 0 Å². The second-order valence-electron chi connectivity index (χ2n) is 11.9. The topological polar surface area (TPSA) is 36.3 Å². The van der Waals surface area contributed by atoms with E-state index in [0.717, 1.165) is 41.7 Å². The highest BCUT2D eigenvalue weighted by Gasteiger charge is 2.42. The van der Waals surface area contributed by atoms with Gasteiger partial charge >= 0.3 is 0 Å². The number of halogens is 1. The quantitative estimate of drug-likeness (QED) is 0.234. The maximum absolute atomic E-state index is 7.03. The molecule has 2 aliphatic rings. The molecule has 2 saturated heterocycles. The van der Waals surface area contributed by atoms with Crippen LogP contribution in [0.5, 0.6) is 0 Å². The molecule has 4 heterocycles. The first-order valence-electron chi connectivity index (χ1n) is 14.6. The largest absolute Gasteiger partial charge is 0.370 e. The van der Waals surface area contributed by atoms with Crippen molar-refractivity contribution < 1.29 is 0 Å². The molecule has 0 bridgehead atoms. The van der Waals surface area contributed by atoms with Crippen molar-refractivity contribution in [2.24, 2.45) is 11.8 Å². The first kappa shape index (κ1) is 27.8. The average Bonchev–Trinajstić information content (AvgIpc) is 3.44. The third-order valence-electron chi connectivity index (χ3n) is 8.63. The van der Waals surface area contributed by atoms with E-state index in [1.54, 1.807) is 0 Å². The number of hydrogen-bond donors (Lipinski definition) is 1. The lowest BCUT2D eigenvalue weighted by Crippen LogP contribution is -2.38. The number of aryl methyl sites for hydroxylation is 1. The number of piperidine rings is 1. The molecular formula is C34H38ClN5S. The normalized spacial score (nSPS) is 22.7. The number of nitrogens with zero attached hydrogens (tertiary/aromatic N) is 4. The molecule has 4 atom stereocenters. The maximum Gasteiger partial charge on any atom is 0.174 e. The molecule has 2 fully saturated rings. The molecule has 0 aliphatic carbocycles. The molecular weight excluding hydrogens is 546 g/mol. The molecule has 41 heavy (non-hydrogen) atoms. The minimum atomic E-state index is -0.100. The lowest BCUT2D eigenvalue weighted by molar-refractivity contribution is 0.357. The van der Waals surface area contributed by atoms with Gasteiger partial charge in [-0.05, 0) is 91.8 Å². The van der Waals surface area contributed by atoms with Crippen molar-refractivity contribution in [1.29, 1.82) is 0 Å². The molecule has 0 saturated carbocycles. The van der Waals surface area contributed by atoms with Crippen LogP contribution in [-0.4, -0.2) is 27.8 Å². The summed E-state index contributed by atoms with van der Waals surface area (Å²) < 4.78 is 2.40. The Labute approximate surface area is 254 Å². The number of aromatic nitrogens is 2. The predicted octanol–water partition coefficient (Wildman–Crippen LogP) is 7.86. The number of nitrogens with one attached hydrogen (secondary N) is 1. The summed E-state index contributed by atoms with van der Waals surface area (Å²) in [6.45, 7) is 12.0. The Hall–Kier alpha value is -3.35. The van der Waals surface area contributed by atoms with Gasteiger partial charge in [0.1, 0.15) is 0 Å². The van der Waals surface area contributed by atoms with E-state index in [-0.39, 0.29) is 12.1 Å². The van der Waals surface area contributed by atoms with Crippen LogP contribution in [0, 0.1) is 25.7 Å². The van der Waals surface area contributed by atoms with Crippen molar-refractivity contribution >= 4 is 40.3 Å². The Kier molecular flexibility index (Phi) is 7.80. The summed E-state index contributed by atoms with van der Waals surface area (Å²) in [6.07, 6.45) is 3.12. The molecule has 0 radical (unpaired) electrons. The standard InChI is InChI=1S/C34H38ClN5S/c1-22-16-23(2)20-38(19-22)31-14-13-27(18-29(31)35)40-33(32(37-34(40)41)30-12-8-9-15-36-30)28-17-24(3)39(25(28)4)21-26-10-6-5-7-11-26/h5-15,17-18,22-23,32-33H,16,19-21H2,1-4H3,(H,37,41)/t22-,23+,32-,33-/m1/s1. The van der Waals surface area contributed by atoms with Crippen LogP contribution in [-0.2, 0) is 6.54 Å². The summed E-state index contributed by atoms with van der Waals surface area (Å²) in [4.78, 5) is 9.42. The number of thiocarbonyl (C=S) groups is 1. The fourth-order valence-corrected chi connectivity index (χ4v) is 7.49. The van der Waals surface area contributed by atoms with Crippen LogP contribution in [0.3, 0.4) is 0 Å². The highest BCUT2D eigenvalue weighted by Crippen LogP contribution is 2.45. The number of benzene rings is 2. The van der Waals surface area contributed by atoms with Crippen LogP contribution in [0.25, 0.3) is 0 Å². The fourth-order valence-electron chi connectivity index (χ4n) is 6.85. The van der Waals surface area contributed by atoms with E-state index in [1.165, 1.54) is 28.9 Å². The summed E-state index contributed by atoms with van der Waals surface area (Å²) in [5.41, 5.74) is 8.03. The summed E-state index contributed by atoms with van der Waals surface area (Å²) >= 11 is 13.1. The number of hydrogen-bond acceptors (Lipinski definition) is 3. The molecule has 4 aromatic rings. The van der Waals surface area contributed by atoms with E-state index in [1.807, 2.05) is 18.3 Å². The van der Waals surface area contributed by atoms with E-state index in [4.69, 9.17) is 28.8 Å². The van der Waals surface area contributed by atoms with Crippen LogP contribution in [0.15, 0.2) is 79.0 Å². The third kappa shape index (κ3) is 5.47. The van der Waals surface area contributed by atoms with E-state index in [9.17, 15) is 0 Å². The second kappa shape index (κ2) is 11.5. The van der Waals surface area contributed by atoms with E-state index in [2.05, 4.69) is 108 Å². The Bertz CT molecular complexity index is 1530. The Morgan fingerprint density at radius 2 is 1.68 bits per heavy atom. The Balaban J connectivity index is 1.40. The predicted molar refractivity (Wildman–Crippen MR) is 174 cm³/mol. The van der Waals surface area contributed by atoms with Gasteiger partial charge < -0.3 is 19.7 Å². The zero-order valence-electron chi connectivity index (χ0n) is 24.2. The minimum Gasteiger partial charge on any atom is -0.370 e. The monoisotopic (exact) mass is 583 g/mol. The van der Waals surface area contributed by atoms with E-state index >= 15 is 0 Å². The van der Waals surface area contributed by atoms with Gasteiger partial charge in [-0.2, -0.15) is 0 Å². The molecule has 0 spiro atoms. The SMILES string of the molecule is Cc1cc([C@@H]2[C@@H](c3ccccn3)NC(=S)N2c2ccc(N3C[C@H](C)C[C@H](C)C3)c(Cl)c2)c(C)n1Cc1ccccc1. The molecule has 5 nitrogen and oxygen atoms in total. The van der Waals surface area contributed by atoms with Crippen molar-refractivity contribution in [3.63, 3.8) is 0 Å². The molecule has 0 unspecified atom stereocenters. The van der Waals surface area contributed by atoms with Crippen LogP contribution in [0.4, 0.5) is 11.4 Å². The van der Waals surface area contributed by atoms with Crippen molar-refractivity contribution in [1.82, 2.24) is 14.9 Å².